The molecule has 0 saturated heterocycles. The Labute approximate surface area is 130 Å². The molecular weight excluding hydrogens is 268 g/mol. The van der Waals surface area contributed by atoms with Crippen molar-refractivity contribution in [2.75, 3.05) is 0 Å². The molecule has 3 rings (SSSR count). The van der Waals surface area contributed by atoms with Crippen molar-refractivity contribution < 1.29 is 0 Å². The first-order valence-electron chi connectivity index (χ1n) is 7.20. The molecule has 0 atom stereocenters. The number of benzene rings is 2. The smallest absolute Gasteiger partial charge is 0.187 e. The van der Waals surface area contributed by atoms with E-state index in [2.05, 4.69) is 30.0 Å². The molecule has 0 unspecified atom stereocenters. The highest BCUT2D eigenvalue weighted by molar-refractivity contribution is 5.75. The van der Waals surface area contributed by atoms with E-state index in [1.165, 1.54) is 5.56 Å². The lowest BCUT2D eigenvalue weighted by Crippen LogP contribution is -1.95. The highest BCUT2D eigenvalue weighted by Crippen LogP contribution is 2.31. The standard InChI is InChI=1S/C20H16N2/c1-14-12-19(16-8-5-4-6-9-16)22-15(2)20(14)17-10-7-11-18(13-17)21-3/h4-13H,1-2H3. The predicted octanol–water partition coefficient (Wildman–Crippen LogP) is 5.58. The monoisotopic (exact) mass is 284 g/mol. The number of pyridine rings is 1. The normalized spacial score (nSPS) is 10.2. The Morgan fingerprint density at radius 1 is 0.864 bits per heavy atom. The largest absolute Gasteiger partial charge is 0.252 e. The van der Waals surface area contributed by atoms with Crippen LogP contribution in [0.2, 0.25) is 0 Å². The summed E-state index contributed by atoms with van der Waals surface area (Å²) in [5.74, 6) is 0. The van der Waals surface area contributed by atoms with E-state index < -0.39 is 0 Å². The van der Waals surface area contributed by atoms with Crippen LogP contribution in [0.25, 0.3) is 27.2 Å². The lowest BCUT2D eigenvalue weighted by molar-refractivity contribution is 1.18. The second kappa shape index (κ2) is 5.83. The van der Waals surface area contributed by atoms with E-state index in [4.69, 9.17) is 11.6 Å². The first kappa shape index (κ1) is 14.0. The summed E-state index contributed by atoms with van der Waals surface area (Å²) < 4.78 is 0. The molecule has 0 spiro atoms. The fourth-order valence-electron chi connectivity index (χ4n) is 2.76. The zero-order valence-electron chi connectivity index (χ0n) is 12.7. The molecule has 0 radical (unpaired) electrons. The Kier molecular flexibility index (Phi) is 3.72. The lowest BCUT2D eigenvalue weighted by atomic mass is 9.97. The van der Waals surface area contributed by atoms with Crippen molar-refractivity contribution >= 4 is 5.69 Å². The fraction of sp³-hybridized carbons (Fsp3) is 0.100. The number of hydrogen-bond acceptors (Lipinski definition) is 1. The molecule has 2 heteroatoms. The first-order valence-corrected chi connectivity index (χ1v) is 7.20. The summed E-state index contributed by atoms with van der Waals surface area (Å²) in [4.78, 5) is 8.27. The maximum absolute atomic E-state index is 7.17. The second-order valence-corrected chi connectivity index (χ2v) is 5.31. The maximum Gasteiger partial charge on any atom is 0.187 e. The Hall–Kier alpha value is -2.92. The lowest BCUT2D eigenvalue weighted by Gasteiger charge is -2.12. The molecule has 0 amide bonds. The van der Waals surface area contributed by atoms with Gasteiger partial charge in [-0.15, -0.1) is 0 Å². The van der Waals surface area contributed by atoms with E-state index in [0.29, 0.717) is 5.69 Å². The second-order valence-electron chi connectivity index (χ2n) is 5.31. The molecule has 2 nitrogen and oxygen atoms in total. The topological polar surface area (TPSA) is 17.2 Å². The van der Waals surface area contributed by atoms with Crippen LogP contribution in [0, 0.1) is 20.4 Å². The Balaban J connectivity index is 2.13. The van der Waals surface area contributed by atoms with Crippen molar-refractivity contribution in [1.82, 2.24) is 4.98 Å². The van der Waals surface area contributed by atoms with Gasteiger partial charge in [-0.2, -0.15) is 0 Å². The van der Waals surface area contributed by atoms with E-state index in [-0.39, 0.29) is 0 Å². The highest BCUT2D eigenvalue weighted by Gasteiger charge is 2.10. The molecule has 106 valence electrons. The molecule has 0 bridgehead atoms. The van der Waals surface area contributed by atoms with Gasteiger partial charge in [-0.1, -0.05) is 48.5 Å². The molecule has 3 aromatic rings. The van der Waals surface area contributed by atoms with Crippen LogP contribution in [0.3, 0.4) is 0 Å². The SMILES string of the molecule is [C-]#[N+]c1cccc(-c2c(C)cc(-c3ccccc3)nc2C)c1. The third-order valence-electron chi connectivity index (χ3n) is 3.73. The summed E-state index contributed by atoms with van der Waals surface area (Å²) in [5.41, 5.74) is 7.09. The van der Waals surface area contributed by atoms with Crippen LogP contribution >= 0.6 is 0 Å². The minimum absolute atomic E-state index is 0.656. The van der Waals surface area contributed by atoms with Crippen molar-refractivity contribution in [2.45, 2.75) is 13.8 Å². The quantitative estimate of drug-likeness (QED) is 0.561. The molecule has 0 fully saturated rings. The van der Waals surface area contributed by atoms with Gasteiger partial charge in [-0.05, 0) is 37.1 Å². The van der Waals surface area contributed by atoms with Crippen LogP contribution in [0.5, 0.6) is 0 Å². The zero-order valence-corrected chi connectivity index (χ0v) is 12.7. The van der Waals surface area contributed by atoms with Gasteiger partial charge in [0.25, 0.3) is 0 Å². The van der Waals surface area contributed by atoms with Crippen molar-refractivity contribution in [1.29, 1.82) is 0 Å². The zero-order chi connectivity index (χ0) is 15.5. The van der Waals surface area contributed by atoms with E-state index in [0.717, 1.165) is 28.1 Å². The third-order valence-corrected chi connectivity index (χ3v) is 3.73. The van der Waals surface area contributed by atoms with E-state index in [1.807, 2.05) is 49.4 Å². The Morgan fingerprint density at radius 2 is 1.59 bits per heavy atom. The minimum atomic E-state index is 0.656. The molecule has 22 heavy (non-hydrogen) atoms. The van der Waals surface area contributed by atoms with E-state index >= 15 is 0 Å². The minimum Gasteiger partial charge on any atom is -0.252 e. The van der Waals surface area contributed by atoms with Gasteiger partial charge >= 0.3 is 0 Å². The van der Waals surface area contributed by atoms with Crippen molar-refractivity contribution in [3.63, 3.8) is 0 Å². The Morgan fingerprint density at radius 3 is 2.27 bits per heavy atom. The van der Waals surface area contributed by atoms with Gasteiger partial charge in [0.1, 0.15) is 0 Å². The molecular formula is C20H16N2. The highest BCUT2D eigenvalue weighted by atomic mass is 14.7. The molecule has 1 heterocycles. The van der Waals surface area contributed by atoms with Crippen LogP contribution in [-0.4, -0.2) is 4.98 Å². The van der Waals surface area contributed by atoms with Crippen LogP contribution < -0.4 is 0 Å². The van der Waals surface area contributed by atoms with Crippen molar-refractivity contribution in [3.8, 4) is 22.4 Å². The maximum atomic E-state index is 7.17. The number of rotatable bonds is 2. The Bertz CT molecular complexity index is 835. The van der Waals surface area contributed by atoms with Gasteiger partial charge in [-0.3, -0.25) is 4.98 Å². The van der Waals surface area contributed by atoms with Crippen molar-refractivity contribution in [3.05, 3.63) is 83.3 Å². The molecule has 0 aliphatic heterocycles. The summed E-state index contributed by atoms with van der Waals surface area (Å²) in [6, 6.07) is 20.0. The molecule has 2 aromatic carbocycles. The summed E-state index contributed by atoms with van der Waals surface area (Å²) in [7, 11) is 0. The molecule has 0 aliphatic rings. The summed E-state index contributed by atoms with van der Waals surface area (Å²) >= 11 is 0. The average Bonchev–Trinajstić information content (AvgIpc) is 2.55. The number of aryl methyl sites for hydroxylation is 2. The molecule has 0 aliphatic carbocycles. The number of nitrogens with zero attached hydrogens (tertiary/aromatic N) is 2. The number of hydrogen-bond donors (Lipinski definition) is 0. The van der Waals surface area contributed by atoms with Crippen LogP contribution in [0.1, 0.15) is 11.3 Å². The van der Waals surface area contributed by atoms with Crippen LogP contribution in [-0.2, 0) is 0 Å². The van der Waals surface area contributed by atoms with Gasteiger partial charge in [0.15, 0.2) is 5.69 Å². The van der Waals surface area contributed by atoms with E-state index in [1.54, 1.807) is 0 Å². The van der Waals surface area contributed by atoms with Gasteiger partial charge < -0.3 is 0 Å². The van der Waals surface area contributed by atoms with Crippen molar-refractivity contribution in [2.24, 2.45) is 0 Å². The van der Waals surface area contributed by atoms with Gasteiger partial charge in [-0.25, -0.2) is 4.85 Å². The third kappa shape index (κ3) is 2.62. The molecule has 1 aromatic heterocycles. The predicted molar refractivity (Wildman–Crippen MR) is 90.8 cm³/mol. The summed E-state index contributed by atoms with van der Waals surface area (Å²) in [6.07, 6.45) is 0. The van der Waals surface area contributed by atoms with Gasteiger partial charge in [0.05, 0.1) is 12.3 Å². The summed E-state index contributed by atoms with van der Waals surface area (Å²) in [6.45, 7) is 11.3. The molecule has 0 N–H and O–H groups in total. The van der Waals surface area contributed by atoms with Crippen LogP contribution in [0.4, 0.5) is 5.69 Å². The van der Waals surface area contributed by atoms with Crippen LogP contribution in [0.15, 0.2) is 60.7 Å². The van der Waals surface area contributed by atoms with Gasteiger partial charge in [0.2, 0.25) is 0 Å². The first-order chi connectivity index (χ1) is 10.7. The fourth-order valence-corrected chi connectivity index (χ4v) is 2.76. The average molecular weight is 284 g/mol. The van der Waals surface area contributed by atoms with E-state index in [9.17, 15) is 0 Å². The number of aromatic nitrogens is 1. The summed E-state index contributed by atoms with van der Waals surface area (Å²) in [5, 5.41) is 0. The molecule has 0 saturated carbocycles. The van der Waals surface area contributed by atoms with Gasteiger partial charge in [0, 0.05) is 16.8 Å².